The van der Waals surface area contributed by atoms with Crippen LogP contribution in [0.5, 0.6) is 0 Å². The van der Waals surface area contributed by atoms with Gasteiger partial charge < -0.3 is 5.11 Å². The minimum atomic E-state index is -0.251. The molecule has 0 aliphatic heterocycles. The second kappa shape index (κ2) is 4.31. The number of rotatable bonds is 3. The Morgan fingerprint density at radius 1 is 1.79 bits per heavy atom. The van der Waals surface area contributed by atoms with Gasteiger partial charge in [0.1, 0.15) is 0 Å². The van der Waals surface area contributed by atoms with Crippen LogP contribution in [0, 0.1) is 11.3 Å². The molecule has 0 aromatic carbocycles. The second-order valence-corrected chi connectivity index (χ2v) is 4.85. The molecule has 0 aromatic rings. The van der Waals surface area contributed by atoms with Gasteiger partial charge in [0.05, 0.1) is 6.10 Å². The average molecular weight is 194 g/mol. The summed E-state index contributed by atoms with van der Waals surface area (Å²) in [5.41, 5.74) is 1.49. The largest absolute Gasteiger partial charge is 0.392 e. The van der Waals surface area contributed by atoms with Gasteiger partial charge in [-0.2, -0.15) is 0 Å². The van der Waals surface area contributed by atoms with Gasteiger partial charge in [-0.05, 0) is 32.1 Å². The molecule has 0 unspecified atom stereocenters. The van der Waals surface area contributed by atoms with Crippen molar-refractivity contribution in [2.24, 2.45) is 11.3 Å². The van der Waals surface area contributed by atoms with E-state index < -0.39 is 0 Å². The predicted molar refractivity (Wildman–Crippen MR) is 61.1 cm³/mol. The number of hydrogen-bond donors (Lipinski definition) is 1. The van der Waals surface area contributed by atoms with Gasteiger partial charge in [-0.25, -0.2) is 0 Å². The van der Waals surface area contributed by atoms with E-state index >= 15 is 0 Å². The van der Waals surface area contributed by atoms with Gasteiger partial charge >= 0.3 is 0 Å². The van der Waals surface area contributed by atoms with E-state index in [1.165, 1.54) is 5.57 Å². The Morgan fingerprint density at radius 3 is 2.93 bits per heavy atom. The Kier molecular flexibility index (Phi) is 3.54. The summed E-state index contributed by atoms with van der Waals surface area (Å²) in [5, 5.41) is 10.1. The van der Waals surface area contributed by atoms with Crippen LogP contribution in [0.15, 0.2) is 24.3 Å². The number of aliphatic hydroxyl groups is 1. The Balaban J connectivity index is 2.79. The molecular formula is C13H22O. The molecule has 3 atom stereocenters. The zero-order valence-corrected chi connectivity index (χ0v) is 9.59. The normalized spacial score (nSPS) is 34.9. The first-order valence-electron chi connectivity index (χ1n) is 5.47. The van der Waals surface area contributed by atoms with Gasteiger partial charge in [-0.1, -0.05) is 31.6 Å². The van der Waals surface area contributed by atoms with E-state index in [0.29, 0.717) is 12.3 Å². The van der Waals surface area contributed by atoms with Crippen LogP contribution < -0.4 is 0 Å². The molecule has 1 nitrogen and oxygen atoms in total. The van der Waals surface area contributed by atoms with E-state index in [9.17, 15) is 5.11 Å². The van der Waals surface area contributed by atoms with Crippen LogP contribution in [-0.4, -0.2) is 11.2 Å². The fourth-order valence-corrected chi connectivity index (χ4v) is 2.29. The topological polar surface area (TPSA) is 20.2 Å². The number of hydrogen-bond acceptors (Lipinski definition) is 1. The molecule has 0 aromatic heterocycles. The molecule has 1 heteroatoms. The standard InChI is InChI=1S/C13H22O/c1-5-6-12(14)13(4)8-7-10(2)9-11(13)3/h5,9,11-12,14H,1,6-8H2,2-4H3/t11-,12-,13+/m1/s1. The van der Waals surface area contributed by atoms with Crippen molar-refractivity contribution in [3.05, 3.63) is 24.3 Å². The van der Waals surface area contributed by atoms with Crippen molar-refractivity contribution in [2.75, 3.05) is 0 Å². The third kappa shape index (κ3) is 2.09. The van der Waals surface area contributed by atoms with Crippen LogP contribution >= 0.6 is 0 Å². The fraction of sp³-hybridized carbons (Fsp3) is 0.692. The molecule has 0 saturated heterocycles. The zero-order valence-electron chi connectivity index (χ0n) is 9.59. The van der Waals surface area contributed by atoms with E-state index in [1.807, 2.05) is 6.08 Å². The highest BCUT2D eigenvalue weighted by Gasteiger charge is 2.38. The quantitative estimate of drug-likeness (QED) is 0.683. The lowest BCUT2D eigenvalue weighted by atomic mass is 9.66. The summed E-state index contributed by atoms with van der Waals surface area (Å²) in [6, 6.07) is 0. The van der Waals surface area contributed by atoms with Crippen molar-refractivity contribution in [2.45, 2.75) is 46.1 Å². The second-order valence-electron chi connectivity index (χ2n) is 4.85. The van der Waals surface area contributed by atoms with Crippen LogP contribution in [-0.2, 0) is 0 Å². The van der Waals surface area contributed by atoms with Crippen molar-refractivity contribution in [3.63, 3.8) is 0 Å². The summed E-state index contributed by atoms with van der Waals surface area (Å²) in [6.07, 6.45) is 6.78. The summed E-state index contributed by atoms with van der Waals surface area (Å²) in [7, 11) is 0. The maximum absolute atomic E-state index is 10.1. The molecule has 1 N–H and O–H groups in total. The van der Waals surface area contributed by atoms with Crippen molar-refractivity contribution in [1.29, 1.82) is 0 Å². The summed E-state index contributed by atoms with van der Waals surface area (Å²) >= 11 is 0. The van der Waals surface area contributed by atoms with Gasteiger partial charge in [0.2, 0.25) is 0 Å². The molecule has 0 amide bonds. The Labute approximate surface area is 87.5 Å². The fourth-order valence-electron chi connectivity index (χ4n) is 2.29. The molecule has 0 bridgehead atoms. The number of allylic oxidation sites excluding steroid dienone is 2. The Hall–Kier alpha value is -0.560. The highest BCUT2D eigenvalue weighted by molar-refractivity contribution is 5.11. The molecule has 0 spiro atoms. The van der Waals surface area contributed by atoms with Gasteiger partial charge in [0.25, 0.3) is 0 Å². The van der Waals surface area contributed by atoms with Gasteiger partial charge in [0.15, 0.2) is 0 Å². The first kappa shape index (κ1) is 11.5. The van der Waals surface area contributed by atoms with Crippen molar-refractivity contribution in [3.8, 4) is 0 Å². The molecule has 14 heavy (non-hydrogen) atoms. The third-order valence-corrected chi connectivity index (χ3v) is 3.78. The van der Waals surface area contributed by atoms with Gasteiger partial charge in [0, 0.05) is 5.41 Å². The molecule has 1 aliphatic carbocycles. The lowest BCUT2D eigenvalue weighted by Gasteiger charge is -2.41. The molecule has 0 heterocycles. The zero-order chi connectivity index (χ0) is 10.8. The van der Waals surface area contributed by atoms with Gasteiger partial charge in [-0.15, -0.1) is 6.58 Å². The lowest BCUT2D eigenvalue weighted by molar-refractivity contribution is 0.00314. The molecular weight excluding hydrogens is 172 g/mol. The Morgan fingerprint density at radius 2 is 2.43 bits per heavy atom. The molecule has 1 aliphatic rings. The molecule has 80 valence electrons. The predicted octanol–water partition coefficient (Wildman–Crippen LogP) is 3.31. The van der Waals surface area contributed by atoms with Crippen LogP contribution in [0.4, 0.5) is 0 Å². The number of aliphatic hydroxyl groups excluding tert-OH is 1. The minimum Gasteiger partial charge on any atom is -0.392 e. The van der Waals surface area contributed by atoms with E-state index in [0.717, 1.165) is 12.8 Å². The van der Waals surface area contributed by atoms with Crippen LogP contribution in [0.25, 0.3) is 0 Å². The maximum atomic E-state index is 10.1. The van der Waals surface area contributed by atoms with Gasteiger partial charge in [-0.3, -0.25) is 0 Å². The van der Waals surface area contributed by atoms with Crippen LogP contribution in [0.3, 0.4) is 0 Å². The van der Waals surface area contributed by atoms with Crippen molar-refractivity contribution >= 4 is 0 Å². The molecule has 1 rings (SSSR count). The lowest BCUT2D eigenvalue weighted by Crippen LogP contribution is -2.39. The first-order valence-corrected chi connectivity index (χ1v) is 5.47. The third-order valence-electron chi connectivity index (χ3n) is 3.78. The van der Waals surface area contributed by atoms with Crippen LogP contribution in [0.1, 0.15) is 40.0 Å². The van der Waals surface area contributed by atoms with E-state index in [-0.39, 0.29) is 11.5 Å². The highest BCUT2D eigenvalue weighted by Crippen LogP contribution is 2.43. The van der Waals surface area contributed by atoms with Crippen LogP contribution in [0.2, 0.25) is 0 Å². The molecule has 0 fully saturated rings. The first-order chi connectivity index (χ1) is 6.50. The summed E-state index contributed by atoms with van der Waals surface area (Å²) < 4.78 is 0. The Bertz CT molecular complexity index is 242. The van der Waals surface area contributed by atoms with E-state index in [2.05, 4.69) is 33.4 Å². The summed E-state index contributed by atoms with van der Waals surface area (Å²) in [4.78, 5) is 0. The molecule has 0 radical (unpaired) electrons. The maximum Gasteiger partial charge on any atom is 0.0633 e. The SMILES string of the molecule is C=CC[C@@H](O)[C@@]1(C)CCC(C)=C[C@H]1C. The summed E-state index contributed by atoms with van der Waals surface area (Å²) in [5.74, 6) is 0.464. The van der Waals surface area contributed by atoms with E-state index in [1.54, 1.807) is 0 Å². The molecule has 0 saturated carbocycles. The van der Waals surface area contributed by atoms with Crippen molar-refractivity contribution < 1.29 is 5.11 Å². The average Bonchev–Trinajstić information content (AvgIpc) is 2.12. The minimum absolute atomic E-state index is 0.0354. The smallest absolute Gasteiger partial charge is 0.0633 e. The summed E-state index contributed by atoms with van der Waals surface area (Å²) in [6.45, 7) is 10.3. The van der Waals surface area contributed by atoms with E-state index in [4.69, 9.17) is 0 Å². The monoisotopic (exact) mass is 194 g/mol. The highest BCUT2D eigenvalue weighted by atomic mass is 16.3. The van der Waals surface area contributed by atoms with Crippen molar-refractivity contribution in [1.82, 2.24) is 0 Å².